The van der Waals surface area contributed by atoms with Crippen LogP contribution in [0.5, 0.6) is 0 Å². The van der Waals surface area contributed by atoms with Crippen molar-refractivity contribution in [3.63, 3.8) is 0 Å². The minimum Gasteiger partial charge on any atom is -0.351 e. The summed E-state index contributed by atoms with van der Waals surface area (Å²) in [5, 5.41) is 9.69. The lowest BCUT2D eigenvalue weighted by atomic mass is 10.2. The first kappa shape index (κ1) is 20.5. The van der Waals surface area contributed by atoms with Crippen molar-refractivity contribution in [1.82, 2.24) is 20.8 Å². The predicted molar refractivity (Wildman–Crippen MR) is 93.9 cm³/mol. The number of aromatic nitrogens is 2. The second-order valence-electron chi connectivity index (χ2n) is 5.13. The maximum absolute atomic E-state index is 13.2. The number of hydrogen-bond donors (Lipinski definition) is 2. The van der Waals surface area contributed by atoms with Gasteiger partial charge in [-0.25, -0.2) is 4.39 Å². The summed E-state index contributed by atoms with van der Waals surface area (Å²) in [6, 6.07) is 4.22. The first-order valence-corrected chi connectivity index (χ1v) is 8.01. The number of likely N-dealkylation sites (N-methyl/N-ethyl adjacent to an activating group) is 1. The highest BCUT2D eigenvalue weighted by Gasteiger charge is 2.12. The number of nitrogens with one attached hydrogen (secondary N) is 2. The number of hydrogen-bond acceptors (Lipinski definition) is 5. The molecule has 0 saturated heterocycles. The van der Waals surface area contributed by atoms with Crippen molar-refractivity contribution in [1.29, 1.82) is 0 Å². The molecule has 1 heterocycles. The van der Waals surface area contributed by atoms with E-state index in [-0.39, 0.29) is 29.9 Å². The first-order valence-electron chi connectivity index (χ1n) is 7.21. The van der Waals surface area contributed by atoms with Crippen LogP contribution in [-0.2, 0) is 12.8 Å². The Morgan fingerprint density at radius 3 is 2.92 bits per heavy atom. The van der Waals surface area contributed by atoms with Crippen LogP contribution in [0, 0.1) is 5.82 Å². The minimum atomic E-state index is -0.460. The third-order valence-corrected chi connectivity index (χ3v) is 3.98. The zero-order valence-electron chi connectivity index (χ0n) is 13.3. The van der Waals surface area contributed by atoms with Crippen LogP contribution in [0.25, 0.3) is 0 Å². The summed E-state index contributed by atoms with van der Waals surface area (Å²) in [5.74, 6) is 0.265. The molecule has 0 aliphatic carbocycles. The molecular weight excluding hydrogens is 403 g/mol. The van der Waals surface area contributed by atoms with Gasteiger partial charge in [-0.2, -0.15) is 4.98 Å². The van der Waals surface area contributed by atoms with E-state index in [9.17, 15) is 9.18 Å². The van der Waals surface area contributed by atoms with Gasteiger partial charge in [0.25, 0.3) is 5.91 Å². The standard InChI is InChI=1S/C15H18BrFN4O2.ClH/c1-9(18-2)7-13-20-14(23-21-13)5-6-19-15(22)11-8-10(17)3-4-12(11)16;/h3-4,8-9,18H,5-7H2,1-2H3,(H,19,22);1H. The van der Waals surface area contributed by atoms with Crippen LogP contribution in [0.15, 0.2) is 27.2 Å². The normalized spacial score (nSPS) is 11.7. The second-order valence-corrected chi connectivity index (χ2v) is 5.98. The quantitative estimate of drug-likeness (QED) is 0.718. The third-order valence-electron chi connectivity index (χ3n) is 3.29. The largest absolute Gasteiger partial charge is 0.351 e. The maximum Gasteiger partial charge on any atom is 0.252 e. The van der Waals surface area contributed by atoms with Gasteiger partial charge in [-0.15, -0.1) is 12.4 Å². The van der Waals surface area contributed by atoms with Crippen LogP contribution in [0.2, 0.25) is 0 Å². The van der Waals surface area contributed by atoms with E-state index in [4.69, 9.17) is 4.52 Å². The molecule has 0 saturated carbocycles. The van der Waals surface area contributed by atoms with Gasteiger partial charge in [0.2, 0.25) is 5.89 Å². The molecule has 0 spiro atoms. The molecule has 1 aromatic heterocycles. The van der Waals surface area contributed by atoms with E-state index in [1.165, 1.54) is 18.2 Å². The summed E-state index contributed by atoms with van der Waals surface area (Å²) >= 11 is 3.23. The fourth-order valence-electron chi connectivity index (χ4n) is 1.90. The first-order chi connectivity index (χ1) is 11.0. The van der Waals surface area contributed by atoms with E-state index in [1.807, 2.05) is 14.0 Å². The molecule has 9 heteroatoms. The second kappa shape index (κ2) is 9.71. The van der Waals surface area contributed by atoms with Gasteiger partial charge < -0.3 is 15.2 Å². The van der Waals surface area contributed by atoms with Gasteiger partial charge in [-0.3, -0.25) is 4.79 Å². The average Bonchev–Trinajstić information content (AvgIpc) is 2.96. The van der Waals surface area contributed by atoms with Gasteiger partial charge in [-0.05, 0) is 48.1 Å². The van der Waals surface area contributed by atoms with Crippen molar-refractivity contribution < 1.29 is 13.7 Å². The Labute approximate surface area is 154 Å². The summed E-state index contributed by atoms with van der Waals surface area (Å²) in [6.45, 7) is 2.35. The van der Waals surface area contributed by atoms with Crippen LogP contribution in [0.3, 0.4) is 0 Å². The van der Waals surface area contributed by atoms with Gasteiger partial charge in [-0.1, -0.05) is 5.16 Å². The molecule has 0 radical (unpaired) electrons. The highest BCUT2D eigenvalue weighted by molar-refractivity contribution is 9.10. The summed E-state index contributed by atoms with van der Waals surface area (Å²) in [4.78, 5) is 16.3. The Kier molecular flexibility index (Phi) is 8.30. The van der Waals surface area contributed by atoms with E-state index >= 15 is 0 Å². The van der Waals surface area contributed by atoms with Gasteiger partial charge in [0, 0.05) is 29.9 Å². The van der Waals surface area contributed by atoms with Crippen molar-refractivity contribution >= 4 is 34.2 Å². The molecule has 0 fully saturated rings. The van der Waals surface area contributed by atoms with Crippen LogP contribution in [-0.4, -0.2) is 35.7 Å². The van der Waals surface area contributed by atoms with E-state index in [0.717, 1.165) is 0 Å². The van der Waals surface area contributed by atoms with Crippen LogP contribution in [0.1, 0.15) is 29.0 Å². The molecule has 0 aliphatic heterocycles. The number of carbonyl (C=O) groups excluding carboxylic acids is 1. The third kappa shape index (κ3) is 5.85. The number of halogens is 3. The molecule has 1 atom stereocenters. The highest BCUT2D eigenvalue weighted by atomic mass is 79.9. The van der Waals surface area contributed by atoms with Crippen molar-refractivity contribution in [2.75, 3.05) is 13.6 Å². The zero-order valence-corrected chi connectivity index (χ0v) is 15.7. The van der Waals surface area contributed by atoms with Gasteiger partial charge in [0.15, 0.2) is 5.82 Å². The van der Waals surface area contributed by atoms with Crippen LogP contribution >= 0.6 is 28.3 Å². The molecule has 2 N–H and O–H groups in total. The molecule has 2 aromatic rings. The molecule has 0 bridgehead atoms. The highest BCUT2D eigenvalue weighted by Crippen LogP contribution is 2.17. The number of rotatable bonds is 7. The fourth-order valence-corrected chi connectivity index (χ4v) is 2.33. The van der Waals surface area contributed by atoms with Crippen molar-refractivity contribution in [3.8, 4) is 0 Å². The van der Waals surface area contributed by atoms with Gasteiger partial charge in [0.05, 0.1) is 5.56 Å². The minimum absolute atomic E-state index is 0. The molecule has 24 heavy (non-hydrogen) atoms. The number of benzene rings is 1. The van der Waals surface area contributed by atoms with Crippen LogP contribution < -0.4 is 10.6 Å². The molecule has 1 amide bonds. The molecule has 0 aliphatic rings. The Bertz CT molecular complexity index is 683. The zero-order chi connectivity index (χ0) is 16.8. The maximum atomic E-state index is 13.2. The lowest BCUT2D eigenvalue weighted by Crippen LogP contribution is -2.26. The fraction of sp³-hybridized carbons (Fsp3) is 0.400. The van der Waals surface area contributed by atoms with E-state index in [0.29, 0.717) is 35.6 Å². The van der Waals surface area contributed by atoms with Crippen molar-refractivity contribution in [2.45, 2.75) is 25.8 Å². The van der Waals surface area contributed by atoms with Crippen LogP contribution in [0.4, 0.5) is 4.39 Å². The molecule has 1 aromatic carbocycles. The Morgan fingerprint density at radius 2 is 2.21 bits per heavy atom. The van der Waals surface area contributed by atoms with Gasteiger partial charge in [0.1, 0.15) is 5.82 Å². The summed E-state index contributed by atoms with van der Waals surface area (Å²) < 4.78 is 18.9. The monoisotopic (exact) mass is 420 g/mol. The van der Waals surface area contributed by atoms with E-state index < -0.39 is 5.82 Å². The smallest absolute Gasteiger partial charge is 0.252 e. The Morgan fingerprint density at radius 1 is 1.46 bits per heavy atom. The number of nitrogens with zero attached hydrogens (tertiary/aromatic N) is 2. The Balaban J connectivity index is 0.00000288. The predicted octanol–water partition coefficient (Wildman–Crippen LogP) is 2.52. The summed E-state index contributed by atoms with van der Waals surface area (Å²) in [5.41, 5.74) is 0.249. The van der Waals surface area contributed by atoms with E-state index in [1.54, 1.807) is 0 Å². The average molecular weight is 422 g/mol. The molecule has 2 rings (SSSR count). The molecule has 6 nitrogen and oxygen atoms in total. The number of carbonyl (C=O) groups is 1. The summed E-state index contributed by atoms with van der Waals surface area (Å²) in [7, 11) is 1.87. The topological polar surface area (TPSA) is 80.0 Å². The van der Waals surface area contributed by atoms with Crippen molar-refractivity contribution in [3.05, 3.63) is 45.8 Å². The Hall–Kier alpha value is -1.51. The lowest BCUT2D eigenvalue weighted by Gasteiger charge is -2.06. The van der Waals surface area contributed by atoms with Crippen molar-refractivity contribution in [2.24, 2.45) is 0 Å². The molecule has 132 valence electrons. The molecular formula is C15H19BrClFN4O2. The van der Waals surface area contributed by atoms with E-state index in [2.05, 4.69) is 36.7 Å². The molecule has 1 unspecified atom stereocenters. The SMILES string of the molecule is CNC(C)Cc1noc(CCNC(=O)c2cc(F)ccc2Br)n1.Cl. The summed E-state index contributed by atoms with van der Waals surface area (Å²) in [6.07, 6.45) is 1.09. The number of amides is 1. The lowest BCUT2D eigenvalue weighted by molar-refractivity contribution is 0.0952. The van der Waals surface area contributed by atoms with Gasteiger partial charge >= 0.3 is 0 Å².